The maximum absolute atomic E-state index is 13.3. The number of sulfonamides is 1. The van der Waals surface area contributed by atoms with Crippen molar-refractivity contribution in [2.45, 2.75) is 30.5 Å². The predicted molar refractivity (Wildman–Crippen MR) is 145 cm³/mol. The van der Waals surface area contributed by atoms with Crippen molar-refractivity contribution in [2.75, 3.05) is 12.4 Å². The molecule has 0 unspecified atom stereocenters. The molecule has 0 bridgehead atoms. The van der Waals surface area contributed by atoms with Crippen molar-refractivity contribution in [2.24, 2.45) is 0 Å². The molecule has 0 spiro atoms. The predicted octanol–water partition coefficient (Wildman–Crippen LogP) is 5.24. The molecule has 0 aliphatic heterocycles. The van der Waals surface area contributed by atoms with Crippen molar-refractivity contribution < 1.29 is 22.7 Å². The number of rotatable bonds is 10. The first kappa shape index (κ1) is 26.2. The van der Waals surface area contributed by atoms with Crippen LogP contribution in [0, 0.1) is 0 Å². The summed E-state index contributed by atoms with van der Waals surface area (Å²) in [6, 6.07) is 17.5. The van der Waals surface area contributed by atoms with Gasteiger partial charge >= 0.3 is 5.97 Å². The van der Waals surface area contributed by atoms with E-state index in [-0.39, 0.29) is 9.32 Å². The maximum atomic E-state index is 13.3. The van der Waals surface area contributed by atoms with Gasteiger partial charge in [0.1, 0.15) is 4.21 Å². The van der Waals surface area contributed by atoms with E-state index in [4.69, 9.17) is 4.74 Å². The molecule has 2 heterocycles. The van der Waals surface area contributed by atoms with E-state index in [1.165, 1.54) is 6.92 Å². The Morgan fingerprint density at radius 3 is 2.56 bits per heavy atom. The summed E-state index contributed by atoms with van der Waals surface area (Å²) < 4.78 is 34.5. The van der Waals surface area contributed by atoms with E-state index in [2.05, 4.69) is 9.71 Å². The molecule has 0 saturated carbocycles. The number of nitrogens with one attached hydrogen (secondary N) is 2. The van der Waals surface area contributed by atoms with Gasteiger partial charge in [-0.1, -0.05) is 42.1 Å². The molecule has 0 saturated heterocycles. The third-order valence-electron chi connectivity index (χ3n) is 5.48. The minimum Gasteiger partial charge on any atom is -0.462 e. The molecule has 7 nitrogen and oxygen atoms in total. The van der Waals surface area contributed by atoms with E-state index in [9.17, 15) is 18.0 Å². The SMILES string of the molecule is CCOC(=O)c1ccc(-c2ccc(S(=O)(=O)N[C@H](CSC(C)=O)Cc3c[nH]c4ccccc34)s2)cc1. The second-order valence-corrected chi connectivity index (χ2v) is 12.3. The number of carbonyl (C=O) groups excluding carboxylic acids is 2. The monoisotopic (exact) mass is 542 g/mol. The number of thiophene rings is 1. The number of thioether (sulfide) groups is 1. The van der Waals surface area contributed by atoms with Gasteiger partial charge in [-0.2, -0.15) is 0 Å². The molecule has 0 radical (unpaired) electrons. The van der Waals surface area contributed by atoms with Crippen molar-refractivity contribution in [3.8, 4) is 10.4 Å². The Morgan fingerprint density at radius 2 is 1.83 bits per heavy atom. The minimum absolute atomic E-state index is 0.0669. The van der Waals surface area contributed by atoms with Crippen LogP contribution in [0.1, 0.15) is 29.8 Å². The molecule has 0 aliphatic rings. The molecule has 2 N–H and O–H groups in total. The van der Waals surface area contributed by atoms with Gasteiger partial charge < -0.3 is 9.72 Å². The molecule has 0 amide bonds. The van der Waals surface area contributed by atoms with Crippen LogP contribution in [-0.2, 0) is 26.0 Å². The number of aromatic amines is 1. The molecule has 2 aromatic carbocycles. The van der Waals surface area contributed by atoms with Crippen LogP contribution in [0.3, 0.4) is 0 Å². The summed E-state index contributed by atoms with van der Waals surface area (Å²) in [5, 5.41) is 0.960. The van der Waals surface area contributed by atoms with Crippen molar-refractivity contribution in [1.29, 1.82) is 0 Å². The fourth-order valence-corrected chi connectivity index (χ4v) is 7.11. The largest absolute Gasteiger partial charge is 0.462 e. The standard InChI is InChI=1S/C26H26N2O5S3/c1-3-33-26(30)19-10-8-18(9-11-19)24-12-13-25(35-24)36(31,32)28-21(16-34-17(2)29)14-20-15-27-23-7-5-4-6-22(20)23/h4-13,15,21,27-28H,3,14,16H2,1-2H3/t21-/m0/s1. The average molecular weight is 543 g/mol. The van der Waals surface area contributed by atoms with Crippen LogP contribution < -0.4 is 4.72 Å². The van der Waals surface area contributed by atoms with Crippen molar-refractivity contribution in [1.82, 2.24) is 9.71 Å². The first-order valence-corrected chi connectivity index (χ1v) is 14.6. The molecule has 4 aromatic rings. The third-order valence-corrected chi connectivity index (χ3v) is 9.60. The van der Waals surface area contributed by atoms with E-state index >= 15 is 0 Å². The molecule has 0 aliphatic carbocycles. The zero-order valence-corrected chi connectivity index (χ0v) is 22.3. The number of hydrogen-bond donors (Lipinski definition) is 2. The molecular weight excluding hydrogens is 516 g/mol. The summed E-state index contributed by atoms with van der Waals surface area (Å²) in [6.45, 7) is 3.52. The number of para-hydroxylation sites is 1. The quantitative estimate of drug-likeness (QED) is 0.266. The second kappa shape index (κ2) is 11.4. The van der Waals surface area contributed by atoms with Gasteiger partial charge in [-0.3, -0.25) is 4.79 Å². The second-order valence-electron chi connectivity index (χ2n) is 8.10. The number of ether oxygens (including phenoxy) is 1. The summed E-state index contributed by atoms with van der Waals surface area (Å²) in [7, 11) is -3.82. The first-order chi connectivity index (χ1) is 17.3. The van der Waals surface area contributed by atoms with Crippen LogP contribution in [0.15, 0.2) is 71.1 Å². The van der Waals surface area contributed by atoms with Gasteiger partial charge in [0.2, 0.25) is 10.0 Å². The Labute approximate surface area is 218 Å². The highest BCUT2D eigenvalue weighted by Crippen LogP contribution is 2.31. The Bertz CT molecular complexity index is 1470. The van der Waals surface area contributed by atoms with Crippen LogP contribution in [0.2, 0.25) is 0 Å². The lowest BCUT2D eigenvalue weighted by Gasteiger charge is -2.17. The van der Waals surface area contributed by atoms with Crippen LogP contribution in [0.25, 0.3) is 21.3 Å². The number of H-pyrrole nitrogens is 1. The molecule has 1 atom stereocenters. The zero-order chi connectivity index (χ0) is 25.7. The Hall–Kier alpha value is -2.92. The van der Waals surface area contributed by atoms with Crippen molar-refractivity contribution in [3.63, 3.8) is 0 Å². The van der Waals surface area contributed by atoms with E-state index in [0.717, 1.165) is 50.0 Å². The topological polar surface area (TPSA) is 105 Å². The van der Waals surface area contributed by atoms with Crippen LogP contribution in [0.4, 0.5) is 0 Å². The highest BCUT2D eigenvalue weighted by molar-refractivity contribution is 8.13. The van der Waals surface area contributed by atoms with Crippen LogP contribution >= 0.6 is 23.1 Å². The fourth-order valence-electron chi connectivity index (χ4n) is 3.80. The lowest BCUT2D eigenvalue weighted by Crippen LogP contribution is -2.38. The summed E-state index contributed by atoms with van der Waals surface area (Å²) >= 11 is 2.25. The van der Waals surface area contributed by atoms with Crippen molar-refractivity contribution in [3.05, 3.63) is 78.0 Å². The number of benzene rings is 2. The number of hydrogen-bond acceptors (Lipinski definition) is 7. The number of esters is 1. The van der Waals surface area contributed by atoms with Gasteiger partial charge in [0.15, 0.2) is 5.12 Å². The van der Waals surface area contributed by atoms with Crippen LogP contribution in [0.5, 0.6) is 0 Å². The molecule has 0 fully saturated rings. The van der Waals surface area contributed by atoms with Crippen molar-refractivity contribution >= 4 is 55.1 Å². The number of aromatic nitrogens is 1. The summed E-state index contributed by atoms with van der Waals surface area (Å²) in [4.78, 5) is 27.5. The van der Waals surface area contributed by atoms with Gasteiger partial charge in [0, 0.05) is 40.7 Å². The lowest BCUT2D eigenvalue weighted by atomic mass is 10.1. The lowest BCUT2D eigenvalue weighted by molar-refractivity contribution is -0.109. The Balaban J connectivity index is 1.53. The maximum Gasteiger partial charge on any atom is 0.338 e. The van der Waals surface area contributed by atoms with Gasteiger partial charge in [0.05, 0.1) is 12.2 Å². The van der Waals surface area contributed by atoms with Gasteiger partial charge in [-0.15, -0.1) is 11.3 Å². The number of carbonyl (C=O) groups is 2. The Kier molecular flexibility index (Phi) is 8.30. The van der Waals surface area contributed by atoms with E-state index in [1.807, 2.05) is 30.5 Å². The van der Waals surface area contributed by atoms with Crippen LogP contribution in [-0.4, -0.2) is 42.9 Å². The zero-order valence-electron chi connectivity index (χ0n) is 19.8. The van der Waals surface area contributed by atoms with E-state index in [0.29, 0.717) is 24.3 Å². The van der Waals surface area contributed by atoms with Gasteiger partial charge in [-0.25, -0.2) is 17.9 Å². The molecular formula is C26H26N2O5S3. The summed E-state index contributed by atoms with van der Waals surface area (Å²) in [5.41, 5.74) is 3.20. The molecule has 10 heteroatoms. The van der Waals surface area contributed by atoms with E-state index < -0.39 is 22.0 Å². The minimum atomic E-state index is -3.82. The first-order valence-electron chi connectivity index (χ1n) is 11.3. The molecule has 188 valence electrons. The van der Waals surface area contributed by atoms with E-state index in [1.54, 1.807) is 43.3 Å². The average Bonchev–Trinajstić information content (AvgIpc) is 3.51. The fraction of sp³-hybridized carbons (Fsp3) is 0.231. The Morgan fingerprint density at radius 1 is 1.08 bits per heavy atom. The van der Waals surface area contributed by atoms with Gasteiger partial charge in [-0.05, 0) is 54.8 Å². The molecule has 4 rings (SSSR count). The molecule has 2 aromatic heterocycles. The summed E-state index contributed by atoms with van der Waals surface area (Å²) in [5.74, 6) is -0.0749. The molecule has 36 heavy (non-hydrogen) atoms. The number of fused-ring (bicyclic) bond motifs is 1. The normalized spacial score (nSPS) is 12.5. The highest BCUT2D eigenvalue weighted by Gasteiger charge is 2.24. The summed E-state index contributed by atoms with van der Waals surface area (Å²) in [6.07, 6.45) is 2.32. The smallest absolute Gasteiger partial charge is 0.338 e. The van der Waals surface area contributed by atoms with Gasteiger partial charge in [0.25, 0.3) is 0 Å². The third kappa shape index (κ3) is 6.25. The highest BCUT2D eigenvalue weighted by atomic mass is 32.2.